The zero-order valence-electron chi connectivity index (χ0n) is 16.2. The van der Waals surface area contributed by atoms with E-state index in [1.165, 1.54) is 24.3 Å². The molecule has 2 amide bonds. The smallest absolute Gasteiger partial charge is 0.335 e. The van der Waals surface area contributed by atoms with Gasteiger partial charge in [-0.2, -0.15) is 0 Å². The molecule has 0 heterocycles. The number of carbonyl (C=O) groups excluding carboxylic acids is 2. The van der Waals surface area contributed by atoms with Crippen LogP contribution in [0.15, 0.2) is 42.5 Å². The Hall–Kier alpha value is -3.75. The Morgan fingerprint density at radius 1 is 1.00 bits per heavy atom. The van der Waals surface area contributed by atoms with E-state index in [0.717, 1.165) is 24.6 Å². The number of rotatable bonds is 7. The molecule has 0 atom stereocenters. The summed E-state index contributed by atoms with van der Waals surface area (Å²) in [5.74, 6) is -2.34. The Bertz CT molecular complexity index is 934. The van der Waals surface area contributed by atoms with Crippen LogP contribution in [0.4, 0.5) is 11.4 Å². The van der Waals surface area contributed by atoms with Crippen LogP contribution in [0, 0.1) is 10.1 Å². The summed E-state index contributed by atoms with van der Waals surface area (Å²) in [6.45, 7) is 5.77. The van der Waals surface area contributed by atoms with Crippen LogP contribution < -0.4 is 10.6 Å². The van der Waals surface area contributed by atoms with Crippen LogP contribution in [0.25, 0.3) is 0 Å². The lowest BCUT2D eigenvalue weighted by Gasteiger charge is -2.24. The van der Waals surface area contributed by atoms with Crippen molar-refractivity contribution in [2.45, 2.75) is 32.7 Å². The molecule has 0 aromatic heterocycles. The summed E-state index contributed by atoms with van der Waals surface area (Å²) < 4.78 is 0. The monoisotopic (exact) mass is 399 g/mol. The molecular weight excluding hydrogens is 378 g/mol. The van der Waals surface area contributed by atoms with Gasteiger partial charge in [0.15, 0.2) is 0 Å². The number of benzene rings is 2. The van der Waals surface area contributed by atoms with Crippen LogP contribution in [0.3, 0.4) is 0 Å². The molecule has 9 nitrogen and oxygen atoms in total. The first-order valence-electron chi connectivity index (χ1n) is 8.79. The lowest BCUT2D eigenvalue weighted by Crippen LogP contribution is -2.42. The summed E-state index contributed by atoms with van der Waals surface area (Å²) >= 11 is 0. The predicted octanol–water partition coefficient (Wildman–Crippen LogP) is 3.46. The molecule has 0 aliphatic rings. The highest BCUT2D eigenvalue weighted by Crippen LogP contribution is 2.19. The average Bonchev–Trinajstić information content (AvgIpc) is 2.67. The number of hydrogen-bond acceptors (Lipinski definition) is 5. The number of nitrogens with one attached hydrogen (secondary N) is 2. The second-order valence-corrected chi connectivity index (χ2v) is 7.05. The van der Waals surface area contributed by atoms with Gasteiger partial charge in [0, 0.05) is 34.5 Å². The average molecular weight is 399 g/mol. The fourth-order valence-electron chi connectivity index (χ4n) is 2.35. The molecule has 0 radical (unpaired) electrons. The molecule has 0 bridgehead atoms. The van der Waals surface area contributed by atoms with Gasteiger partial charge in [-0.25, -0.2) is 4.79 Å². The van der Waals surface area contributed by atoms with Crippen molar-refractivity contribution in [1.82, 2.24) is 5.32 Å². The molecule has 2 aromatic rings. The van der Waals surface area contributed by atoms with Crippen molar-refractivity contribution < 1.29 is 24.4 Å². The molecule has 0 fully saturated rings. The quantitative estimate of drug-likeness (QED) is 0.481. The van der Waals surface area contributed by atoms with Crippen molar-refractivity contribution in [3.05, 3.63) is 69.3 Å². The summed E-state index contributed by atoms with van der Waals surface area (Å²) in [6, 6.07) is 9.03. The Morgan fingerprint density at radius 3 is 2.10 bits per heavy atom. The van der Waals surface area contributed by atoms with Crippen molar-refractivity contribution in [2.75, 3.05) is 5.32 Å². The van der Waals surface area contributed by atoms with Crippen LogP contribution in [-0.4, -0.2) is 33.4 Å². The Morgan fingerprint density at radius 2 is 1.59 bits per heavy atom. The third-order valence-electron chi connectivity index (χ3n) is 4.38. The van der Waals surface area contributed by atoms with E-state index in [-0.39, 0.29) is 22.6 Å². The fourth-order valence-corrected chi connectivity index (χ4v) is 2.35. The van der Waals surface area contributed by atoms with Crippen molar-refractivity contribution >= 4 is 29.2 Å². The maximum Gasteiger partial charge on any atom is 0.335 e. The maximum absolute atomic E-state index is 12.4. The van der Waals surface area contributed by atoms with E-state index < -0.39 is 22.5 Å². The van der Waals surface area contributed by atoms with Crippen LogP contribution in [-0.2, 0) is 0 Å². The van der Waals surface area contributed by atoms with Gasteiger partial charge >= 0.3 is 5.97 Å². The minimum atomic E-state index is -1.38. The number of amides is 2. The van der Waals surface area contributed by atoms with Gasteiger partial charge in [-0.15, -0.1) is 0 Å². The minimum Gasteiger partial charge on any atom is -0.478 e. The summed E-state index contributed by atoms with van der Waals surface area (Å²) in [5.41, 5.74) is -0.621. The van der Waals surface area contributed by atoms with Crippen LogP contribution in [0.2, 0.25) is 0 Å². The first-order valence-corrected chi connectivity index (χ1v) is 8.79. The molecule has 152 valence electrons. The Balaban J connectivity index is 2.18. The zero-order valence-corrected chi connectivity index (χ0v) is 16.2. The summed E-state index contributed by atoms with van der Waals surface area (Å²) in [7, 11) is 0. The summed E-state index contributed by atoms with van der Waals surface area (Å²) in [6.07, 6.45) is 0.758. The highest BCUT2D eigenvalue weighted by Gasteiger charge is 2.20. The van der Waals surface area contributed by atoms with Gasteiger partial charge in [-0.05, 0) is 50.6 Å². The van der Waals surface area contributed by atoms with Gasteiger partial charge in [0.25, 0.3) is 17.5 Å². The van der Waals surface area contributed by atoms with E-state index >= 15 is 0 Å². The third-order valence-corrected chi connectivity index (χ3v) is 4.38. The highest BCUT2D eigenvalue weighted by molar-refractivity contribution is 6.06. The van der Waals surface area contributed by atoms with Gasteiger partial charge in [0.05, 0.1) is 10.5 Å². The summed E-state index contributed by atoms with van der Waals surface area (Å²) in [5, 5.41) is 25.5. The van der Waals surface area contributed by atoms with E-state index in [2.05, 4.69) is 10.6 Å². The lowest BCUT2D eigenvalue weighted by atomic mass is 10.0. The number of nitro benzene ring substituents is 1. The number of non-ortho nitro benzene ring substituents is 1. The van der Waals surface area contributed by atoms with Crippen molar-refractivity contribution in [3.63, 3.8) is 0 Å². The number of carboxylic acids is 1. The third kappa shape index (κ3) is 5.61. The fraction of sp³-hybridized carbons (Fsp3) is 0.250. The molecule has 0 unspecified atom stereocenters. The number of nitrogens with zero attached hydrogens (tertiary/aromatic N) is 1. The van der Waals surface area contributed by atoms with Gasteiger partial charge in [0.2, 0.25) is 0 Å². The molecule has 3 N–H and O–H groups in total. The second kappa shape index (κ2) is 8.51. The standard InChI is InChI=1S/C20H21N3O6/c1-4-20(2,3)22-18(25)12-5-7-15(8-6-12)21-17(24)13-9-14(19(26)27)11-16(10-13)23(28)29/h5-11H,4H2,1-3H3,(H,21,24)(H,22,25)(H,26,27). The van der Waals surface area contributed by atoms with E-state index in [4.69, 9.17) is 5.11 Å². The molecule has 29 heavy (non-hydrogen) atoms. The molecule has 0 saturated heterocycles. The van der Waals surface area contributed by atoms with Crippen LogP contribution in [0.5, 0.6) is 0 Å². The summed E-state index contributed by atoms with van der Waals surface area (Å²) in [4.78, 5) is 46.0. The number of anilines is 1. The van der Waals surface area contributed by atoms with E-state index in [0.29, 0.717) is 11.3 Å². The molecule has 0 aliphatic heterocycles. The minimum absolute atomic E-state index is 0.164. The van der Waals surface area contributed by atoms with Gasteiger partial charge in [0.1, 0.15) is 0 Å². The molecule has 0 saturated carbocycles. The lowest BCUT2D eigenvalue weighted by molar-refractivity contribution is -0.384. The molecule has 0 spiro atoms. The molecular formula is C20H21N3O6. The number of carboxylic acid groups (broad SMARTS) is 1. The predicted molar refractivity (Wildman–Crippen MR) is 106 cm³/mol. The van der Waals surface area contributed by atoms with E-state index in [1.54, 1.807) is 0 Å². The number of hydrogen-bond donors (Lipinski definition) is 3. The van der Waals surface area contributed by atoms with Gasteiger partial charge < -0.3 is 15.7 Å². The first kappa shape index (κ1) is 21.5. The number of carbonyl (C=O) groups is 3. The Labute approximate surface area is 166 Å². The van der Waals surface area contributed by atoms with Gasteiger partial charge in [-0.3, -0.25) is 19.7 Å². The Kier molecular flexibility index (Phi) is 6.32. The molecule has 2 rings (SSSR count). The number of nitro groups is 1. The number of aromatic carboxylic acids is 1. The van der Waals surface area contributed by atoms with Crippen molar-refractivity contribution in [1.29, 1.82) is 0 Å². The topological polar surface area (TPSA) is 139 Å². The highest BCUT2D eigenvalue weighted by atomic mass is 16.6. The van der Waals surface area contributed by atoms with Crippen LogP contribution in [0.1, 0.15) is 58.3 Å². The normalized spacial score (nSPS) is 10.9. The maximum atomic E-state index is 12.4. The molecule has 2 aromatic carbocycles. The van der Waals surface area contributed by atoms with Crippen molar-refractivity contribution in [2.24, 2.45) is 0 Å². The van der Waals surface area contributed by atoms with E-state index in [9.17, 15) is 24.5 Å². The second-order valence-electron chi connectivity index (χ2n) is 7.05. The SMILES string of the molecule is CCC(C)(C)NC(=O)c1ccc(NC(=O)c2cc(C(=O)O)cc([N+](=O)[O-])c2)cc1. The van der Waals surface area contributed by atoms with Gasteiger partial charge in [-0.1, -0.05) is 6.92 Å². The largest absolute Gasteiger partial charge is 0.478 e. The molecule has 0 aliphatic carbocycles. The zero-order chi connectivity index (χ0) is 21.8. The van der Waals surface area contributed by atoms with E-state index in [1.807, 2.05) is 20.8 Å². The first-order chi connectivity index (χ1) is 13.5. The van der Waals surface area contributed by atoms with Crippen molar-refractivity contribution in [3.8, 4) is 0 Å². The van der Waals surface area contributed by atoms with Crippen LogP contribution >= 0.6 is 0 Å². The molecule has 9 heteroatoms.